The molecule has 5 aromatic heterocycles. The summed E-state index contributed by atoms with van der Waals surface area (Å²) < 4.78 is 24.0. The van der Waals surface area contributed by atoms with E-state index in [2.05, 4.69) is 42.7 Å². The Bertz CT molecular complexity index is 3110. The predicted octanol–water partition coefficient (Wildman–Crippen LogP) is 9.88. The maximum Gasteiger partial charge on any atom is 0.322 e. The van der Waals surface area contributed by atoms with Crippen LogP contribution in [0.5, 0.6) is 0 Å². The number of para-hydroxylation sites is 2. The van der Waals surface area contributed by atoms with E-state index in [1.165, 1.54) is 0 Å². The van der Waals surface area contributed by atoms with Gasteiger partial charge in [0.1, 0.15) is 0 Å². The monoisotopic (exact) mass is 960 g/mol. The quantitative estimate of drug-likeness (QED) is 0.130. The van der Waals surface area contributed by atoms with Crippen LogP contribution in [0.1, 0.15) is 22.8 Å². The second-order valence-corrected chi connectivity index (χ2v) is 17.3. The lowest BCUT2D eigenvalue weighted by Crippen LogP contribution is -2.40. The molecule has 0 saturated carbocycles. The number of amides is 4. The molecule has 0 spiro atoms. The average Bonchev–Trinajstić information content (AvgIpc) is 4.26. The van der Waals surface area contributed by atoms with Gasteiger partial charge in [-0.1, -0.05) is 36.4 Å². The molecule has 12 heterocycles. The van der Waals surface area contributed by atoms with E-state index in [0.717, 1.165) is 66.6 Å². The van der Waals surface area contributed by atoms with Crippen molar-refractivity contribution in [2.24, 2.45) is 0 Å². The minimum absolute atomic E-state index is 0.270. The van der Waals surface area contributed by atoms with Crippen molar-refractivity contribution in [1.82, 2.24) is 39.7 Å². The number of hydrogen-bond acceptors (Lipinski definition) is 10. The summed E-state index contributed by atoms with van der Waals surface area (Å²) in [5.74, 6) is 0. The molecule has 1 saturated heterocycles. The third kappa shape index (κ3) is 9.89. The van der Waals surface area contributed by atoms with Gasteiger partial charge in [0.25, 0.3) is 0 Å². The molecule has 12 bridgehead atoms. The maximum atomic E-state index is 14.5. The van der Waals surface area contributed by atoms with Crippen LogP contribution < -0.4 is 10.6 Å². The van der Waals surface area contributed by atoms with Crippen LogP contribution in [-0.2, 0) is 18.9 Å². The third-order valence-corrected chi connectivity index (χ3v) is 12.9. The van der Waals surface area contributed by atoms with E-state index in [4.69, 9.17) is 28.9 Å². The molecule has 0 radical (unpaired) electrons. The van der Waals surface area contributed by atoms with Gasteiger partial charge in [-0.25, -0.2) is 19.6 Å². The number of rotatable bonds is 2. The summed E-state index contributed by atoms with van der Waals surface area (Å²) in [6.45, 7) is 3.49. The number of aromatic nitrogens is 6. The normalized spacial score (nSPS) is 16.1. The molecule has 0 unspecified atom stereocenters. The van der Waals surface area contributed by atoms with E-state index in [1.807, 2.05) is 109 Å². The van der Waals surface area contributed by atoms with E-state index in [0.29, 0.717) is 86.8 Å². The van der Waals surface area contributed by atoms with Gasteiger partial charge >= 0.3 is 12.1 Å². The lowest BCUT2D eigenvalue weighted by molar-refractivity contribution is 0.0175. The Balaban J connectivity index is 1.23. The Morgan fingerprint density at radius 3 is 1.10 bits per heavy atom. The number of carbonyl (C=O) groups excluding carboxylic acids is 2. The number of nitrogens with zero attached hydrogens (tertiary/aromatic N) is 6. The molecule has 0 atom stereocenters. The number of hydrogen-bond donors (Lipinski definition) is 4. The van der Waals surface area contributed by atoms with Crippen LogP contribution in [0.15, 0.2) is 122 Å². The van der Waals surface area contributed by atoms with Gasteiger partial charge in [-0.05, 0) is 96.1 Å². The van der Waals surface area contributed by atoms with Crippen LogP contribution in [0.25, 0.3) is 90.9 Å². The molecular weight excluding hydrogens is 909 g/mol. The topological polar surface area (TPSA) is 185 Å². The maximum absolute atomic E-state index is 14.5. The van der Waals surface area contributed by atoms with Gasteiger partial charge in [0.2, 0.25) is 0 Å². The first-order chi connectivity index (χ1) is 35.6. The van der Waals surface area contributed by atoms with E-state index in [9.17, 15) is 9.59 Å². The van der Waals surface area contributed by atoms with Crippen LogP contribution in [0.2, 0.25) is 0 Å². The van der Waals surface area contributed by atoms with E-state index < -0.39 is 0 Å². The first-order valence-electron chi connectivity index (χ1n) is 24.1. The number of urea groups is 2. The van der Waals surface area contributed by atoms with Crippen molar-refractivity contribution in [3.8, 4) is 44.5 Å². The summed E-state index contributed by atoms with van der Waals surface area (Å²) in [7, 11) is 0. The van der Waals surface area contributed by atoms with Crippen molar-refractivity contribution in [2.45, 2.75) is 0 Å². The Labute approximate surface area is 415 Å². The number of anilines is 2. The Morgan fingerprint density at radius 2 is 0.722 bits per heavy atom. The lowest BCUT2D eigenvalue weighted by atomic mass is 10.0. The fraction of sp³-hybridized carbons (Fsp3) is 0.214. The summed E-state index contributed by atoms with van der Waals surface area (Å²) in [5, 5.41) is 6.51. The molecule has 14 rings (SSSR count). The Kier molecular flexibility index (Phi) is 13.7. The number of carbonyl (C=O) groups is 2. The van der Waals surface area contributed by atoms with Crippen molar-refractivity contribution in [3.63, 3.8) is 0 Å². The molecule has 362 valence electrons. The van der Waals surface area contributed by atoms with E-state index in [-0.39, 0.29) is 38.5 Å². The Hall–Kier alpha value is -8.28. The zero-order valence-corrected chi connectivity index (χ0v) is 39.5. The molecule has 2 aromatic carbocycles. The van der Waals surface area contributed by atoms with Gasteiger partial charge in [0.05, 0.1) is 87.0 Å². The molecule has 4 N–H and O–H groups in total. The SMILES string of the molecule is O=C1Nc2ccccc2-c2c3nc(c(-c4ccncc4)c4ccc([nH]4)c(c4nc(c(-c5ccncc5)c5ccc2[nH]5)C=C4)-c2ccccc2NC(=O)N2CCOCCOCCN1CCOCCOCC2)C=C3. The van der Waals surface area contributed by atoms with Gasteiger partial charge in [0.15, 0.2) is 0 Å². The van der Waals surface area contributed by atoms with Crippen LogP contribution in [0.3, 0.4) is 0 Å². The molecule has 4 amide bonds. The summed E-state index contributed by atoms with van der Waals surface area (Å²) >= 11 is 0. The summed E-state index contributed by atoms with van der Waals surface area (Å²) in [4.78, 5) is 59.6. The summed E-state index contributed by atoms with van der Waals surface area (Å²) in [6.07, 6.45) is 15.2. The molecular formula is C56H52N10O6. The number of nitrogens with one attached hydrogen (secondary N) is 4. The Morgan fingerprint density at radius 1 is 0.389 bits per heavy atom. The third-order valence-electron chi connectivity index (χ3n) is 12.9. The largest absolute Gasteiger partial charge is 0.377 e. The molecule has 72 heavy (non-hydrogen) atoms. The van der Waals surface area contributed by atoms with E-state index >= 15 is 0 Å². The van der Waals surface area contributed by atoms with Crippen molar-refractivity contribution in [3.05, 3.63) is 145 Å². The van der Waals surface area contributed by atoms with Crippen molar-refractivity contribution >= 4 is 69.8 Å². The first-order valence-corrected chi connectivity index (χ1v) is 24.1. The van der Waals surface area contributed by atoms with Crippen LogP contribution in [0, 0.1) is 0 Å². The van der Waals surface area contributed by atoms with Crippen LogP contribution >= 0.6 is 0 Å². The lowest BCUT2D eigenvalue weighted by Gasteiger charge is -2.25. The molecule has 7 aromatic rings. The van der Waals surface area contributed by atoms with Gasteiger partial charge in [0, 0.05) is 106 Å². The fourth-order valence-corrected chi connectivity index (χ4v) is 9.40. The van der Waals surface area contributed by atoms with Crippen molar-refractivity contribution < 1.29 is 28.5 Å². The molecule has 7 aliphatic heterocycles. The summed E-state index contributed by atoms with van der Waals surface area (Å²) in [6, 6.07) is 31.0. The zero-order chi connectivity index (χ0) is 48.6. The highest BCUT2D eigenvalue weighted by atomic mass is 16.5. The number of H-pyrrole nitrogens is 2. The minimum Gasteiger partial charge on any atom is -0.377 e. The number of benzene rings is 2. The van der Waals surface area contributed by atoms with Crippen LogP contribution in [-0.4, -0.2) is 131 Å². The zero-order valence-electron chi connectivity index (χ0n) is 39.5. The highest BCUT2D eigenvalue weighted by Gasteiger charge is 2.24. The smallest absolute Gasteiger partial charge is 0.322 e. The average molecular weight is 961 g/mol. The first kappa shape index (κ1) is 46.1. The molecule has 16 heteroatoms. The second-order valence-electron chi connectivity index (χ2n) is 17.3. The number of pyridine rings is 2. The van der Waals surface area contributed by atoms with E-state index in [1.54, 1.807) is 34.6 Å². The molecule has 1 fully saturated rings. The van der Waals surface area contributed by atoms with Crippen molar-refractivity contribution in [2.75, 3.05) is 89.7 Å². The molecule has 0 aliphatic carbocycles. The summed E-state index contributed by atoms with van der Waals surface area (Å²) in [5.41, 5.74) is 13.6. The van der Waals surface area contributed by atoms with Gasteiger partial charge in [-0.3, -0.25) is 9.97 Å². The number of ether oxygens (including phenoxy) is 4. The predicted molar refractivity (Wildman–Crippen MR) is 281 cm³/mol. The standard InChI is InChI=1S/C56H52N10O6/c67-55-63-41-7-3-1-5-39(41)53-47-13-9-43(59-47)51(37-17-21-57-22-18-37)45-11-15-49(61-45)54(50-16-12-46(62-50)52(38-19-23-58-24-20-38)44-10-14-48(53)60-44)40-6-2-4-8-42(40)64-56(68)66-27-31-71-35-33-69-29-25-65(55)26-30-70-34-36-72-32-28-66/h1-24,59,62H,25-36H2,(H,63,67)(H,64,68). The number of aromatic amines is 2. The minimum atomic E-state index is -0.315. The second kappa shape index (κ2) is 21.4. The van der Waals surface area contributed by atoms with Gasteiger partial charge in [-0.2, -0.15) is 0 Å². The molecule has 7 aliphatic rings. The fourth-order valence-electron chi connectivity index (χ4n) is 9.40. The van der Waals surface area contributed by atoms with Gasteiger partial charge in [-0.15, -0.1) is 0 Å². The molecule has 16 nitrogen and oxygen atoms in total. The van der Waals surface area contributed by atoms with Crippen LogP contribution in [0.4, 0.5) is 21.0 Å². The van der Waals surface area contributed by atoms with Crippen molar-refractivity contribution in [1.29, 1.82) is 0 Å². The highest BCUT2D eigenvalue weighted by Crippen LogP contribution is 2.41. The highest BCUT2D eigenvalue weighted by molar-refractivity contribution is 6.04. The van der Waals surface area contributed by atoms with Gasteiger partial charge < -0.3 is 49.3 Å².